The first-order valence-electron chi connectivity index (χ1n) is 3.49. The summed E-state index contributed by atoms with van der Waals surface area (Å²) in [6.07, 6.45) is 5.94. The zero-order valence-electron chi connectivity index (χ0n) is 5.88. The lowest BCUT2D eigenvalue weighted by molar-refractivity contribution is 0.813. The standard InChI is InChI=1S/2C3H6N2/c2*1-2-4-5-3-1/h2*2,5H,1,3H2. The van der Waals surface area contributed by atoms with Crippen LogP contribution in [-0.2, 0) is 0 Å². The molecular formula is C6H12N4. The summed E-state index contributed by atoms with van der Waals surface area (Å²) in [5, 5.41) is 7.42. The van der Waals surface area contributed by atoms with E-state index in [0.29, 0.717) is 0 Å². The van der Waals surface area contributed by atoms with Crippen molar-refractivity contribution in [3.05, 3.63) is 0 Å². The molecule has 0 aromatic rings. The minimum Gasteiger partial charge on any atom is -0.310 e. The number of hydrogen-bond donors (Lipinski definition) is 2. The average molecular weight is 140 g/mol. The van der Waals surface area contributed by atoms with Crippen LogP contribution in [0.5, 0.6) is 0 Å². The lowest BCUT2D eigenvalue weighted by atomic mass is 10.5. The van der Waals surface area contributed by atoms with Crippen molar-refractivity contribution in [2.24, 2.45) is 10.2 Å². The second kappa shape index (κ2) is 4.78. The molecule has 0 saturated heterocycles. The Morgan fingerprint density at radius 1 is 0.900 bits per heavy atom. The molecule has 0 saturated carbocycles. The van der Waals surface area contributed by atoms with Gasteiger partial charge in [0, 0.05) is 38.4 Å². The van der Waals surface area contributed by atoms with Crippen LogP contribution in [0.1, 0.15) is 12.8 Å². The zero-order valence-corrected chi connectivity index (χ0v) is 5.88. The van der Waals surface area contributed by atoms with E-state index in [-0.39, 0.29) is 0 Å². The molecule has 2 aliphatic rings. The van der Waals surface area contributed by atoms with Crippen LogP contribution < -0.4 is 10.9 Å². The third kappa shape index (κ3) is 3.06. The van der Waals surface area contributed by atoms with Gasteiger partial charge in [0.05, 0.1) is 0 Å². The highest BCUT2D eigenvalue weighted by Gasteiger charge is 1.83. The van der Waals surface area contributed by atoms with Gasteiger partial charge in [-0.3, -0.25) is 0 Å². The second-order valence-corrected chi connectivity index (χ2v) is 2.02. The molecule has 0 amide bonds. The van der Waals surface area contributed by atoms with Crippen LogP contribution in [0, 0.1) is 0 Å². The first-order valence-corrected chi connectivity index (χ1v) is 3.49. The topological polar surface area (TPSA) is 48.8 Å². The van der Waals surface area contributed by atoms with Crippen LogP contribution in [0.3, 0.4) is 0 Å². The molecule has 56 valence electrons. The van der Waals surface area contributed by atoms with E-state index >= 15 is 0 Å². The summed E-state index contributed by atoms with van der Waals surface area (Å²) >= 11 is 0. The highest BCUT2D eigenvalue weighted by atomic mass is 15.3. The van der Waals surface area contributed by atoms with Gasteiger partial charge in [-0.05, 0) is 0 Å². The molecule has 2 rings (SSSR count). The number of nitrogens with one attached hydrogen (secondary N) is 2. The molecule has 0 bridgehead atoms. The minimum atomic E-state index is 1.03. The summed E-state index contributed by atoms with van der Waals surface area (Å²) in [5.74, 6) is 0. The van der Waals surface area contributed by atoms with E-state index in [1.165, 1.54) is 0 Å². The maximum atomic E-state index is 3.71. The normalized spacial score (nSPS) is 19.2. The van der Waals surface area contributed by atoms with Crippen LogP contribution in [0.2, 0.25) is 0 Å². The first kappa shape index (κ1) is 7.05. The summed E-state index contributed by atoms with van der Waals surface area (Å²) < 4.78 is 0. The van der Waals surface area contributed by atoms with E-state index < -0.39 is 0 Å². The molecule has 0 unspecified atom stereocenters. The fraction of sp³-hybridized carbons (Fsp3) is 0.667. The highest BCUT2D eigenvalue weighted by molar-refractivity contribution is 5.58. The van der Waals surface area contributed by atoms with Gasteiger partial charge in [0.15, 0.2) is 0 Å². The molecule has 0 aliphatic carbocycles. The van der Waals surface area contributed by atoms with Gasteiger partial charge in [-0.15, -0.1) is 0 Å². The Morgan fingerprint density at radius 2 is 1.40 bits per heavy atom. The van der Waals surface area contributed by atoms with E-state index in [1.807, 2.05) is 12.4 Å². The molecule has 0 aromatic carbocycles. The van der Waals surface area contributed by atoms with Crippen molar-refractivity contribution < 1.29 is 0 Å². The predicted molar refractivity (Wildman–Crippen MR) is 42.2 cm³/mol. The van der Waals surface area contributed by atoms with Gasteiger partial charge in [-0.1, -0.05) is 0 Å². The molecule has 2 N–H and O–H groups in total. The highest BCUT2D eigenvalue weighted by Crippen LogP contribution is 1.76. The minimum absolute atomic E-state index is 1.03. The van der Waals surface area contributed by atoms with Gasteiger partial charge in [0.25, 0.3) is 0 Å². The van der Waals surface area contributed by atoms with Crippen molar-refractivity contribution in [1.29, 1.82) is 0 Å². The van der Waals surface area contributed by atoms with Crippen LogP contribution in [0.4, 0.5) is 0 Å². The molecule has 10 heavy (non-hydrogen) atoms. The number of hydrogen-bond acceptors (Lipinski definition) is 4. The summed E-state index contributed by atoms with van der Waals surface area (Å²) in [7, 11) is 0. The Bertz CT molecular complexity index is 102. The number of nitrogens with zero attached hydrogens (tertiary/aromatic N) is 2. The molecule has 0 fully saturated rings. The fourth-order valence-corrected chi connectivity index (χ4v) is 0.645. The van der Waals surface area contributed by atoms with Crippen LogP contribution in [-0.4, -0.2) is 25.5 Å². The first-order chi connectivity index (χ1) is 5.00. The quantitative estimate of drug-likeness (QED) is 0.495. The number of rotatable bonds is 0. The van der Waals surface area contributed by atoms with Crippen molar-refractivity contribution in [2.45, 2.75) is 12.8 Å². The molecule has 4 nitrogen and oxygen atoms in total. The van der Waals surface area contributed by atoms with Crippen LogP contribution in [0.25, 0.3) is 0 Å². The Hall–Kier alpha value is -1.06. The maximum absolute atomic E-state index is 3.71. The Labute approximate surface area is 60.4 Å². The summed E-state index contributed by atoms with van der Waals surface area (Å²) in [4.78, 5) is 0. The number of hydrazone groups is 2. The van der Waals surface area contributed by atoms with E-state index in [2.05, 4.69) is 21.1 Å². The molecule has 2 aliphatic heterocycles. The van der Waals surface area contributed by atoms with Crippen LogP contribution in [0.15, 0.2) is 10.2 Å². The summed E-state index contributed by atoms with van der Waals surface area (Å²) in [6.45, 7) is 2.06. The molecule has 2 heterocycles. The monoisotopic (exact) mass is 140 g/mol. The van der Waals surface area contributed by atoms with Gasteiger partial charge in [0.1, 0.15) is 0 Å². The van der Waals surface area contributed by atoms with E-state index in [4.69, 9.17) is 0 Å². The van der Waals surface area contributed by atoms with Gasteiger partial charge < -0.3 is 10.9 Å². The van der Waals surface area contributed by atoms with E-state index in [1.54, 1.807) is 0 Å². The third-order valence-corrected chi connectivity index (χ3v) is 1.14. The van der Waals surface area contributed by atoms with Gasteiger partial charge in [0.2, 0.25) is 0 Å². The van der Waals surface area contributed by atoms with Crippen molar-refractivity contribution in [3.63, 3.8) is 0 Å². The van der Waals surface area contributed by atoms with Gasteiger partial charge in [-0.25, -0.2) is 0 Å². The van der Waals surface area contributed by atoms with Crippen molar-refractivity contribution in [1.82, 2.24) is 10.9 Å². The summed E-state index contributed by atoms with van der Waals surface area (Å²) in [5.41, 5.74) is 5.58. The SMILES string of the molecule is C1=NNCC1.C1=NNCC1. The Balaban J connectivity index is 0.0000001000. The fourth-order valence-electron chi connectivity index (χ4n) is 0.645. The van der Waals surface area contributed by atoms with Crippen LogP contribution >= 0.6 is 0 Å². The smallest absolute Gasteiger partial charge is 0.0379 e. The van der Waals surface area contributed by atoms with Crippen molar-refractivity contribution in [2.75, 3.05) is 13.1 Å². The van der Waals surface area contributed by atoms with Crippen molar-refractivity contribution >= 4 is 12.4 Å². The molecular weight excluding hydrogens is 128 g/mol. The van der Waals surface area contributed by atoms with E-state index in [0.717, 1.165) is 25.9 Å². The molecule has 0 radical (unpaired) electrons. The Morgan fingerprint density at radius 3 is 1.50 bits per heavy atom. The lowest BCUT2D eigenvalue weighted by Crippen LogP contribution is -1.96. The Kier molecular flexibility index (Phi) is 3.37. The summed E-state index contributed by atoms with van der Waals surface area (Å²) in [6, 6.07) is 0. The molecule has 4 heteroatoms. The molecule has 0 aromatic heterocycles. The zero-order chi connectivity index (χ0) is 7.07. The van der Waals surface area contributed by atoms with E-state index in [9.17, 15) is 0 Å². The molecule has 0 spiro atoms. The third-order valence-electron chi connectivity index (χ3n) is 1.14. The maximum Gasteiger partial charge on any atom is 0.0379 e. The average Bonchev–Trinajstić information content (AvgIpc) is 2.67. The largest absolute Gasteiger partial charge is 0.310 e. The molecule has 0 atom stereocenters. The second-order valence-electron chi connectivity index (χ2n) is 2.02. The van der Waals surface area contributed by atoms with Gasteiger partial charge >= 0.3 is 0 Å². The van der Waals surface area contributed by atoms with Crippen molar-refractivity contribution in [3.8, 4) is 0 Å². The van der Waals surface area contributed by atoms with Gasteiger partial charge in [-0.2, -0.15) is 10.2 Å². The lowest BCUT2D eigenvalue weighted by Gasteiger charge is -1.76. The predicted octanol–water partition coefficient (Wildman–Crippen LogP) is -0.0690.